The van der Waals surface area contributed by atoms with E-state index in [0.29, 0.717) is 35.2 Å². The lowest BCUT2D eigenvalue weighted by Gasteiger charge is -2.19. The van der Waals surface area contributed by atoms with Crippen LogP contribution in [-0.2, 0) is 0 Å². The number of anilines is 2. The lowest BCUT2D eigenvalue weighted by molar-refractivity contribution is 0.102. The number of ether oxygens (including phenoxy) is 2. The van der Waals surface area contributed by atoms with Crippen molar-refractivity contribution in [1.82, 2.24) is 9.80 Å². The molecule has 0 aliphatic heterocycles. The van der Waals surface area contributed by atoms with Gasteiger partial charge in [0.05, 0.1) is 5.69 Å². The van der Waals surface area contributed by atoms with Gasteiger partial charge < -0.3 is 25.4 Å². The summed E-state index contributed by atoms with van der Waals surface area (Å²) in [6, 6.07) is 21.8. The predicted octanol–water partition coefficient (Wildman–Crippen LogP) is 4.92. The van der Waals surface area contributed by atoms with Crippen LogP contribution in [0.25, 0.3) is 0 Å². The molecule has 0 fully saturated rings. The number of carbonyl (C=O) groups excluding carboxylic acids is 1. The first kappa shape index (κ1) is 25.1. The minimum absolute atomic E-state index is 0.225. The maximum atomic E-state index is 12.6. The zero-order valence-electron chi connectivity index (χ0n) is 20.2. The van der Waals surface area contributed by atoms with E-state index in [9.17, 15) is 4.79 Å². The van der Waals surface area contributed by atoms with Crippen LogP contribution in [0.2, 0.25) is 0 Å². The van der Waals surface area contributed by atoms with E-state index < -0.39 is 0 Å². The van der Waals surface area contributed by atoms with Gasteiger partial charge in [0.1, 0.15) is 24.0 Å². The van der Waals surface area contributed by atoms with E-state index in [1.54, 1.807) is 42.5 Å². The lowest BCUT2D eigenvalue weighted by Crippen LogP contribution is -2.25. The Kier molecular flexibility index (Phi) is 9.31. The maximum absolute atomic E-state index is 12.6. The third-order valence-corrected chi connectivity index (χ3v) is 5.20. The minimum atomic E-state index is -0.225. The van der Waals surface area contributed by atoms with Crippen LogP contribution in [0.4, 0.5) is 11.4 Å². The molecule has 180 valence electrons. The Morgan fingerprint density at radius 1 is 0.882 bits per heavy atom. The quantitative estimate of drug-likeness (QED) is 0.226. The molecule has 0 radical (unpaired) electrons. The molecule has 0 aliphatic carbocycles. The Morgan fingerprint density at radius 2 is 1.56 bits per heavy atom. The monoisotopic (exact) mass is 462 g/mol. The van der Waals surface area contributed by atoms with Crippen molar-refractivity contribution in [1.29, 1.82) is 0 Å². The van der Waals surface area contributed by atoms with Gasteiger partial charge in [0.25, 0.3) is 5.91 Å². The van der Waals surface area contributed by atoms with E-state index in [1.807, 2.05) is 37.4 Å². The minimum Gasteiger partial charge on any atom is -0.476 e. The molecule has 0 heterocycles. The number of benzene rings is 3. The van der Waals surface area contributed by atoms with Gasteiger partial charge >= 0.3 is 0 Å². The fourth-order valence-corrected chi connectivity index (χ4v) is 3.31. The summed E-state index contributed by atoms with van der Waals surface area (Å²) < 4.78 is 11.6. The number of hydrogen-bond donors (Lipinski definition) is 2. The number of nitrogens with two attached hydrogens (primary N) is 1. The van der Waals surface area contributed by atoms with Crippen molar-refractivity contribution in [2.75, 3.05) is 52.0 Å². The van der Waals surface area contributed by atoms with E-state index in [1.165, 1.54) is 0 Å². The summed E-state index contributed by atoms with van der Waals surface area (Å²) >= 11 is 0. The fourth-order valence-electron chi connectivity index (χ4n) is 3.31. The number of rotatable bonds is 12. The summed E-state index contributed by atoms with van der Waals surface area (Å²) in [5.74, 6) is 1.78. The SMILES string of the molecule is CN(C)CCCCN(C)COc1ccc(NC(=O)c2ccc(Oc3ccccc3)cc2)cc1N. The molecular formula is C27H34N4O3. The van der Waals surface area contributed by atoms with E-state index in [4.69, 9.17) is 15.2 Å². The van der Waals surface area contributed by atoms with Crippen molar-refractivity contribution >= 4 is 17.3 Å². The molecule has 34 heavy (non-hydrogen) atoms. The standard InChI is InChI=1S/C27H34N4O3/c1-30(2)17-7-8-18-31(3)20-33-26-16-13-22(19-25(26)28)29-27(32)21-11-14-24(15-12-21)34-23-9-5-4-6-10-23/h4-6,9-16,19H,7-8,17-18,20,28H2,1-3H3,(H,29,32). The van der Waals surface area contributed by atoms with Gasteiger partial charge in [-0.2, -0.15) is 0 Å². The van der Waals surface area contributed by atoms with Gasteiger partial charge in [-0.25, -0.2) is 0 Å². The molecule has 7 heteroatoms. The zero-order chi connectivity index (χ0) is 24.3. The van der Waals surface area contributed by atoms with Gasteiger partial charge in [0.2, 0.25) is 0 Å². The molecule has 0 unspecified atom stereocenters. The van der Waals surface area contributed by atoms with Gasteiger partial charge in [-0.3, -0.25) is 9.69 Å². The third-order valence-electron chi connectivity index (χ3n) is 5.20. The molecule has 3 N–H and O–H groups in total. The topological polar surface area (TPSA) is 80.1 Å². The highest BCUT2D eigenvalue weighted by atomic mass is 16.5. The van der Waals surface area contributed by atoms with E-state index in [0.717, 1.165) is 31.7 Å². The lowest BCUT2D eigenvalue weighted by atomic mass is 10.2. The molecule has 0 bridgehead atoms. The second-order valence-corrected chi connectivity index (χ2v) is 8.51. The second kappa shape index (κ2) is 12.6. The molecule has 3 aromatic carbocycles. The predicted molar refractivity (Wildman–Crippen MR) is 138 cm³/mol. The Hall–Kier alpha value is -3.55. The molecule has 3 aromatic rings. The number of nitrogen functional groups attached to an aromatic ring is 1. The first-order valence-corrected chi connectivity index (χ1v) is 11.4. The smallest absolute Gasteiger partial charge is 0.255 e. The Bertz CT molecular complexity index is 1040. The molecular weight excluding hydrogens is 428 g/mol. The maximum Gasteiger partial charge on any atom is 0.255 e. The van der Waals surface area contributed by atoms with E-state index in [2.05, 4.69) is 29.2 Å². The molecule has 0 spiro atoms. The highest BCUT2D eigenvalue weighted by molar-refractivity contribution is 6.04. The summed E-state index contributed by atoms with van der Waals surface area (Å²) in [6.45, 7) is 2.49. The van der Waals surface area contributed by atoms with Gasteiger partial charge in [-0.1, -0.05) is 18.2 Å². The Balaban J connectivity index is 1.48. The van der Waals surface area contributed by atoms with Gasteiger partial charge in [-0.05, 0) is 95.1 Å². The number of unbranched alkanes of at least 4 members (excludes halogenated alkanes) is 1. The summed E-state index contributed by atoms with van der Waals surface area (Å²) in [4.78, 5) is 16.9. The van der Waals surface area contributed by atoms with Crippen molar-refractivity contribution < 1.29 is 14.3 Å². The van der Waals surface area contributed by atoms with Gasteiger partial charge in [0, 0.05) is 17.8 Å². The van der Waals surface area contributed by atoms with Gasteiger partial charge in [-0.15, -0.1) is 0 Å². The van der Waals surface area contributed by atoms with Crippen LogP contribution in [0.3, 0.4) is 0 Å². The zero-order valence-corrected chi connectivity index (χ0v) is 20.2. The van der Waals surface area contributed by atoms with Crippen LogP contribution < -0.4 is 20.5 Å². The van der Waals surface area contributed by atoms with E-state index in [-0.39, 0.29) is 5.91 Å². The van der Waals surface area contributed by atoms with Crippen LogP contribution in [0, 0.1) is 0 Å². The highest BCUT2D eigenvalue weighted by Gasteiger charge is 2.09. The summed E-state index contributed by atoms with van der Waals surface area (Å²) in [6.07, 6.45) is 2.26. The molecule has 0 aromatic heterocycles. The molecule has 0 saturated heterocycles. The molecule has 0 aliphatic rings. The molecule has 1 amide bonds. The number of amides is 1. The summed E-state index contributed by atoms with van der Waals surface area (Å²) in [5.41, 5.74) is 7.76. The normalized spacial score (nSPS) is 11.0. The first-order chi connectivity index (χ1) is 16.4. The fraction of sp³-hybridized carbons (Fsp3) is 0.296. The van der Waals surface area contributed by atoms with Crippen molar-refractivity contribution in [3.05, 3.63) is 78.4 Å². The van der Waals surface area contributed by atoms with Crippen molar-refractivity contribution in [2.45, 2.75) is 12.8 Å². The van der Waals surface area contributed by atoms with Crippen molar-refractivity contribution in [3.63, 3.8) is 0 Å². The Morgan fingerprint density at radius 3 is 2.24 bits per heavy atom. The molecule has 7 nitrogen and oxygen atoms in total. The van der Waals surface area contributed by atoms with E-state index >= 15 is 0 Å². The molecule has 0 atom stereocenters. The van der Waals surface area contributed by atoms with Crippen LogP contribution in [-0.4, -0.2) is 56.7 Å². The van der Waals surface area contributed by atoms with Crippen LogP contribution in [0.1, 0.15) is 23.2 Å². The first-order valence-electron chi connectivity index (χ1n) is 11.4. The average molecular weight is 463 g/mol. The Labute approximate surface area is 202 Å². The highest BCUT2D eigenvalue weighted by Crippen LogP contribution is 2.26. The number of carbonyl (C=O) groups is 1. The second-order valence-electron chi connectivity index (χ2n) is 8.51. The largest absolute Gasteiger partial charge is 0.476 e. The number of nitrogens with zero attached hydrogens (tertiary/aromatic N) is 2. The van der Waals surface area contributed by atoms with Crippen LogP contribution in [0.15, 0.2) is 72.8 Å². The van der Waals surface area contributed by atoms with Crippen LogP contribution >= 0.6 is 0 Å². The third kappa shape index (κ3) is 8.10. The molecule has 0 saturated carbocycles. The number of nitrogens with one attached hydrogen (secondary N) is 1. The van der Waals surface area contributed by atoms with Crippen LogP contribution in [0.5, 0.6) is 17.2 Å². The number of para-hydroxylation sites is 1. The van der Waals surface area contributed by atoms with Gasteiger partial charge in [0.15, 0.2) is 0 Å². The summed E-state index contributed by atoms with van der Waals surface area (Å²) in [5, 5.41) is 2.87. The number of hydrogen-bond acceptors (Lipinski definition) is 6. The van der Waals surface area contributed by atoms with Crippen molar-refractivity contribution in [2.24, 2.45) is 0 Å². The van der Waals surface area contributed by atoms with Crippen molar-refractivity contribution in [3.8, 4) is 17.2 Å². The average Bonchev–Trinajstić information content (AvgIpc) is 2.82. The molecule has 3 rings (SSSR count). The summed E-state index contributed by atoms with van der Waals surface area (Å²) in [7, 11) is 6.19.